The molecule has 0 aliphatic rings. The maximum absolute atomic E-state index is 13.2. The van der Waals surface area contributed by atoms with E-state index in [1.54, 1.807) is 6.07 Å². The van der Waals surface area contributed by atoms with Crippen LogP contribution in [0.2, 0.25) is 0 Å². The second kappa shape index (κ2) is 7.23. The van der Waals surface area contributed by atoms with Crippen LogP contribution < -0.4 is 10.6 Å². The van der Waals surface area contributed by atoms with Gasteiger partial charge in [-0.2, -0.15) is 0 Å². The summed E-state index contributed by atoms with van der Waals surface area (Å²) < 4.78 is 13.2. The highest BCUT2D eigenvalue weighted by Crippen LogP contribution is 2.18. The van der Waals surface area contributed by atoms with E-state index >= 15 is 0 Å². The van der Waals surface area contributed by atoms with Gasteiger partial charge in [-0.1, -0.05) is 43.7 Å². The van der Waals surface area contributed by atoms with Crippen molar-refractivity contribution < 1.29 is 4.39 Å². The Hall–Kier alpha value is -1.87. The number of rotatable bonds is 6. The van der Waals surface area contributed by atoms with Crippen LogP contribution in [0.5, 0.6) is 0 Å². The fraction of sp³-hybridized carbons (Fsp3) is 0.333. The van der Waals surface area contributed by atoms with Crippen molar-refractivity contribution in [3.05, 3.63) is 65.5 Å². The molecule has 0 bridgehead atoms. The van der Waals surface area contributed by atoms with Crippen molar-refractivity contribution in [1.29, 1.82) is 0 Å². The fourth-order valence-corrected chi connectivity index (χ4v) is 2.44. The Labute approximate surface area is 126 Å². The Kier molecular flexibility index (Phi) is 5.34. The van der Waals surface area contributed by atoms with E-state index in [1.807, 2.05) is 18.0 Å². The van der Waals surface area contributed by atoms with Gasteiger partial charge >= 0.3 is 0 Å². The molecule has 0 saturated carbocycles. The summed E-state index contributed by atoms with van der Waals surface area (Å²) in [5.74, 6) is -0.225. The third-order valence-electron chi connectivity index (χ3n) is 3.67. The van der Waals surface area contributed by atoms with Crippen LogP contribution in [-0.4, -0.2) is 13.6 Å². The molecule has 2 rings (SSSR count). The molecule has 2 aromatic rings. The van der Waals surface area contributed by atoms with E-state index in [4.69, 9.17) is 5.73 Å². The van der Waals surface area contributed by atoms with Crippen molar-refractivity contribution >= 4 is 5.69 Å². The monoisotopic (exact) mass is 286 g/mol. The van der Waals surface area contributed by atoms with Gasteiger partial charge in [-0.15, -0.1) is 0 Å². The molecule has 2 aromatic carbocycles. The van der Waals surface area contributed by atoms with Crippen LogP contribution in [0.3, 0.4) is 0 Å². The molecule has 21 heavy (non-hydrogen) atoms. The molecule has 0 saturated heterocycles. The molecule has 0 aliphatic heterocycles. The summed E-state index contributed by atoms with van der Waals surface area (Å²) in [5, 5.41) is 0. The lowest BCUT2D eigenvalue weighted by Gasteiger charge is -2.24. The highest BCUT2D eigenvalue weighted by molar-refractivity contribution is 5.46. The Morgan fingerprint density at radius 1 is 1.14 bits per heavy atom. The lowest BCUT2D eigenvalue weighted by molar-refractivity contribution is 0.625. The zero-order valence-corrected chi connectivity index (χ0v) is 12.7. The van der Waals surface area contributed by atoms with Gasteiger partial charge in [0.25, 0.3) is 0 Å². The van der Waals surface area contributed by atoms with E-state index in [2.05, 4.69) is 31.2 Å². The van der Waals surface area contributed by atoms with Gasteiger partial charge in [-0.05, 0) is 35.7 Å². The average Bonchev–Trinajstić information content (AvgIpc) is 2.48. The van der Waals surface area contributed by atoms with Crippen LogP contribution in [0, 0.1) is 5.82 Å². The Morgan fingerprint density at radius 2 is 1.86 bits per heavy atom. The van der Waals surface area contributed by atoms with Gasteiger partial charge in [0.1, 0.15) is 5.82 Å². The van der Waals surface area contributed by atoms with Gasteiger partial charge in [0, 0.05) is 25.3 Å². The first kappa shape index (κ1) is 15.5. The topological polar surface area (TPSA) is 29.3 Å². The predicted octanol–water partition coefficient (Wildman–Crippen LogP) is 3.91. The lowest BCUT2D eigenvalue weighted by atomic mass is 10.0. The second-order valence-electron chi connectivity index (χ2n) is 5.46. The van der Waals surface area contributed by atoms with Crippen molar-refractivity contribution in [2.45, 2.75) is 25.8 Å². The van der Waals surface area contributed by atoms with E-state index in [-0.39, 0.29) is 11.9 Å². The largest absolute Gasteiger partial charge is 0.373 e. The molecule has 3 heteroatoms. The zero-order valence-electron chi connectivity index (χ0n) is 12.7. The molecular weight excluding hydrogens is 263 g/mol. The summed E-state index contributed by atoms with van der Waals surface area (Å²) in [6, 6.07) is 15.0. The van der Waals surface area contributed by atoms with Crippen molar-refractivity contribution in [2.75, 3.05) is 18.5 Å². The molecule has 0 heterocycles. The van der Waals surface area contributed by atoms with Gasteiger partial charge in [-0.25, -0.2) is 4.39 Å². The molecule has 0 radical (unpaired) electrons. The molecule has 112 valence electrons. The molecule has 1 unspecified atom stereocenters. The number of hydrogen-bond acceptors (Lipinski definition) is 2. The third kappa shape index (κ3) is 4.30. The maximum atomic E-state index is 13.2. The smallest absolute Gasteiger partial charge is 0.125 e. The standard InChI is InChI=1S/C18H23FN2/c1-3-5-14-8-10-15(11-9-14)18(20)13-21(2)17-7-4-6-16(19)12-17/h4,6-12,18H,3,5,13,20H2,1-2H3. The number of nitrogens with two attached hydrogens (primary N) is 1. The molecule has 2 nitrogen and oxygen atoms in total. The van der Waals surface area contributed by atoms with Crippen LogP contribution >= 0.6 is 0 Å². The fourth-order valence-electron chi connectivity index (χ4n) is 2.44. The van der Waals surface area contributed by atoms with Gasteiger partial charge in [-0.3, -0.25) is 0 Å². The zero-order chi connectivity index (χ0) is 15.2. The summed E-state index contributed by atoms with van der Waals surface area (Å²) in [6.45, 7) is 2.82. The minimum atomic E-state index is -0.225. The summed E-state index contributed by atoms with van der Waals surface area (Å²) in [7, 11) is 1.93. The molecule has 0 aliphatic carbocycles. The number of likely N-dealkylation sites (N-methyl/N-ethyl adjacent to an activating group) is 1. The molecular formula is C18H23FN2. The summed E-state index contributed by atoms with van der Waals surface area (Å²) >= 11 is 0. The minimum Gasteiger partial charge on any atom is -0.373 e. The van der Waals surface area contributed by atoms with E-state index in [1.165, 1.54) is 17.7 Å². The number of benzene rings is 2. The Balaban J connectivity index is 2.01. The molecule has 0 spiro atoms. The van der Waals surface area contributed by atoms with E-state index in [0.29, 0.717) is 6.54 Å². The summed E-state index contributed by atoms with van der Waals surface area (Å²) in [4.78, 5) is 1.98. The van der Waals surface area contributed by atoms with Gasteiger partial charge < -0.3 is 10.6 Å². The van der Waals surface area contributed by atoms with Gasteiger partial charge in [0.05, 0.1) is 0 Å². The predicted molar refractivity (Wildman–Crippen MR) is 87.0 cm³/mol. The summed E-state index contributed by atoms with van der Waals surface area (Å²) in [5.41, 5.74) is 9.55. The lowest BCUT2D eigenvalue weighted by Crippen LogP contribution is -2.29. The Morgan fingerprint density at radius 3 is 2.48 bits per heavy atom. The van der Waals surface area contributed by atoms with Gasteiger partial charge in [0.2, 0.25) is 0 Å². The first-order chi connectivity index (χ1) is 10.1. The van der Waals surface area contributed by atoms with E-state index in [9.17, 15) is 4.39 Å². The van der Waals surface area contributed by atoms with E-state index < -0.39 is 0 Å². The van der Waals surface area contributed by atoms with Crippen LogP contribution in [0.25, 0.3) is 0 Å². The van der Waals surface area contributed by atoms with Gasteiger partial charge in [0.15, 0.2) is 0 Å². The molecule has 0 amide bonds. The minimum absolute atomic E-state index is 0.0889. The Bertz CT molecular complexity index is 566. The molecule has 2 N–H and O–H groups in total. The quantitative estimate of drug-likeness (QED) is 0.872. The number of hydrogen-bond donors (Lipinski definition) is 1. The molecule has 0 fully saturated rings. The van der Waals surface area contributed by atoms with Crippen LogP contribution in [-0.2, 0) is 6.42 Å². The van der Waals surface area contributed by atoms with Crippen LogP contribution in [0.1, 0.15) is 30.5 Å². The molecule has 1 atom stereocenters. The van der Waals surface area contributed by atoms with Crippen molar-refractivity contribution in [3.63, 3.8) is 0 Å². The number of aryl methyl sites for hydroxylation is 1. The summed E-state index contributed by atoms with van der Waals surface area (Å²) in [6.07, 6.45) is 2.24. The third-order valence-corrected chi connectivity index (χ3v) is 3.67. The maximum Gasteiger partial charge on any atom is 0.125 e. The van der Waals surface area contributed by atoms with Crippen LogP contribution in [0.15, 0.2) is 48.5 Å². The first-order valence-corrected chi connectivity index (χ1v) is 7.41. The number of nitrogens with zero attached hydrogens (tertiary/aromatic N) is 1. The van der Waals surface area contributed by atoms with Crippen molar-refractivity contribution in [3.8, 4) is 0 Å². The highest BCUT2D eigenvalue weighted by atomic mass is 19.1. The van der Waals surface area contributed by atoms with Crippen molar-refractivity contribution in [1.82, 2.24) is 0 Å². The average molecular weight is 286 g/mol. The number of anilines is 1. The SMILES string of the molecule is CCCc1ccc(C(N)CN(C)c2cccc(F)c2)cc1. The van der Waals surface area contributed by atoms with E-state index in [0.717, 1.165) is 24.1 Å². The van der Waals surface area contributed by atoms with Crippen molar-refractivity contribution in [2.24, 2.45) is 5.73 Å². The highest BCUT2D eigenvalue weighted by Gasteiger charge is 2.10. The first-order valence-electron chi connectivity index (χ1n) is 7.41. The molecule has 0 aromatic heterocycles. The second-order valence-corrected chi connectivity index (χ2v) is 5.46. The normalized spacial score (nSPS) is 12.2. The van der Waals surface area contributed by atoms with Crippen LogP contribution in [0.4, 0.5) is 10.1 Å². The number of halogens is 1.